The van der Waals surface area contributed by atoms with Crippen LogP contribution in [0.25, 0.3) is 0 Å². The quantitative estimate of drug-likeness (QED) is 0.571. The molecule has 86 valence electrons. The van der Waals surface area contributed by atoms with E-state index >= 15 is 0 Å². The molecule has 0 bridgehead atoms. The van der Waals surface area contributed by atoms with Crippen LogP contribution in [0.1, 0.15) is 23.8 Å². The first-order chi connectivity index (χ1) is 6.94. The Labute approximate surface area is 89.5 Å². The molecule has 0 radical (unpaired) electrons. The molecule has 0 saturated carbocycles. The zero-order chi connectivity index (χ0) is 11.5. The van der Waals surface area contributed by atoms with E-state index in [1.54, 1.807) is 6.26 Å². The molecule has 0 spiro atoms. The average Bonchev–Trinajstić information content (AvgIpc) is 2.52. The summed E-state index contributed by atoms with van der Waals surface area (Å²) in [6.45, 7) is 1.89. The molecular weight excluding hydrogens is 216 g/mol. The molecule has 0 aromatic carbocycles. The van der Waals surface area contributed by atoms with Crippen LogP contribution in [0.15, 0.2) is 16.7 Å². The van der Waals surface area contributed by atoms with Crippen LogP contribution < -0.4 is 11.3 Å². The summed E-state index contributed by atoms with van der Waals surface area (Å²) in [5.41, 5.74) is 3.52. The highest BCUT2D eigenvalue weighted by Crippen LogP contribution is 2.21. The Kier molecular flexibility index (Phi) is 3.90. The number of furan rings is 1. The minimum Gasteiger partial charge on any atom is -0.467 e. The average molecular weight is 232 g/mol. The molecule has 1 unspecified atom stereocenters. The summed E-state index contributed by atoms with van der Waals surface area (Å²) in [6.07, 6.45) is 3.18. The molecule has 1 aromatic heterocycles. The lowest BCUT2D eigenvalue weighted by Gasteiger charge is -2.13. The van der Waals surface area contributed by atoms with E-state index in [1.807, 2.05) is 13.0 Å². The van der Waals surface area contributed by atoms with E-state index < -0.39 is 9.84 Å². The summed E-state index contributed by atoms with van der Waals surface area (Å²) in [6, 6.07) is 1.56. The van der Waals surface area contributed by atoms with Crippen LogP contribution in [0.4, 0.5) is 0 Å². The highest BCUT2D eigenvalue weighted by atomic mass is 32.2. The Morgan fingerprint density at radius 3 is 2.67 bits per heavy atom. The third-order valence-corrected chi connectivity index (χ3v) is 3.17. The van der Waals surface area contributed by atoms with Gasteiger partial charge in [-0.1, -0.05) is 0 Å². The van der Waals surface area contributed by atoms with Crippen molar-refractivity contribution in [1.82, 2.24) is 5.43 Å². The van der Waals surface area contributed by atoms with Crippen molar-refractivity contribution < 1.29 is 12.8 Å². The molecule has 15 heavy (non-hydrogen) atoms. The van der Waals surface area contributed by atoms with Gasteiger partial charge < -0.3 is 4.42 Å². The maximum Gasteiger partial charge on any atom is 0.147 e. The first-order valence-corrected chi connectivity index (χ1v) is 6.68. The number of hydrogen-bond donors (Lipinski definition) is 2. The van der Waals surface area contributed by atoms with Crippen LogP contribution in [-0.4, -0.2) is 20.4 Å². The zero-order valence-electron chi connectivity index (χ0n) is 8.86. The van der Waals surface area contributed by atoms with E-state index in [9.17, 15) is 8.42 Å². The molecule has 1 atom stereocenters. The third-order valence-electron chi connectivity index (χ3n) is 2.20. The highest BCUT2D eigenvalue weighted by Gasteiger charge is 2.17. The molecule has 0 aliphatic heterocycles. The largest absolute Gasteiger partial charge is 0.467 e. The smallest absolute Gasteiger partial charge is 0.147 e. The number of rotatable bonds is 5. The predicted octanol–water partition coefficient (Wildman–Crippen LogP) is 0.527. The standard InChI is InChI=1S/C9H16N2O3S/c1-7-3-5-14-9(7)8(11-10)4-6-15(2,12)13/h3,5,8,11H,4,6,10H2,1-2H3. The first-order valence-electron chi connectivity index (χ1n) is 4.62. The van der Waals surface area contributed by atoms with Crippen LogP contribution in [0.2, 0.25) is 0 Å². The maximum atomic E-state index is 11.0. The molecule has 1 rings (SSSR count). The molecule has 0 aliphatic carbocycles. The maximum absolute atomic E-state index is 11.0. The molecule has 3 N–H and O–H groups in total. The molecule has 1 heterocycles. The third kappa shape index (κ3) is 3.65. The predicted molar refractivity (Wildman–Crippen MR) is 57.8 cm³/mol. The summed E-state index contributed by atoms with van der Waals surface area (Å²) in [5, 5.41) is 0. The van der Waals surface area contributed by atoms with E-state index in [0.717, 1.165) is 5.56 Å². The number of hydrogen-bond acceptors (Lipinski definition) is 5. The Hall–Kier alpha value is -0.850. The number of nitrogens with two attached hydrogens (primary N) is 1. The van der Waals surface area contributed by atoms with Gasteiger partial charge >= 0.3 is 0 Å². The van der Waals surface area contributed by atoms with Crippen molar-refractivity contribution >= 4 is 9.84 Å². The normalized spacial score (nSPS) is 14.1. The molecule has 1 aromatic rings. The number of hydrazine groups is 1. The van der Waals surface area contributed by atoms with Crippen molar-refractivity contribution in [3.63, 3.8) is 0 Å². The second-order valence-corrected chi connectivity index (χ2v) is 5.87. The molecule has 6 heteroatoms. The van der Waals surface area contributed by atoms with Crippen molar-refractivity contribution in [3.05, 3.63) is 23.7 Å². The van der Waals surface area contributed by atoms with E-state index in [4.69, 9.17) is 10.3 Å². The van der Waals surface area contributed by atoms with Crippen LogP contribution in [0.5, 0.6) is 0 Å². The molecule has 0 saturated heterocycles. The number of aryl methyl sites for hydroxylation is 1. The van der Waals surface area contributed by atoms with Crippen molar-refractivity contribution in [2.24, 2.45) is 5.84 Å². The van der Waals surface area contributed by atoms with E-state index in [1.165, 1.54) is 6.26 Å². The van der Waals surface area contributed by atoms with Gasteiger partial charge in [0.15, 0.2) is 0 Å². The van der Waals surface area contributed by atoms with Gasteiger partial charge in [-0.05, 0) is 25.0 Å². The summed E-state index contributed by atoms with van der Waals surface area (Å²) < 4.78 is 27.3. The second-order valence-electron chi connectivity index (χ2n) is 3.61. The summed E-state index contributed by atoms with van der Waals surface area (Å²) in [4.78, 5) is 0. The van der Waals surface area contributed by atoms with Crippen LogP contribution in [-0.2, 0) is 9.84 Å². The lowest BCUT2D eigenvalue weighted by Crippen LogP contribution is -2.29. The van der Waals surface area contributed by atoms with Gasteiger partial charge in [0.05, 0.1) is 18.1 Å². The first kappa shape index (κ1) is 12.2. The lowest BCUT2D eigenvalue weighted by atomic mass is 10.1. The Bertz CT molecular complexity index is 411. The van der Waals surface area contributed by atoms with Gasteiger partial charge in [-0.3, -0.25) is 5.84 Å². The monoisotopic (exact) mass is 232 g/mol. The van der Waals surface area contributed by atoms with E-state index in [-0.39, 0.29) is 11.8 Å². The Morgan fingerprint density at radius 2 is 2.27 bits per heavy atom. The SMILES string of the molecule is Cc1ccoc1C(CCS(C)(=O)=O)NN. The van der Waals surface area contributed by atoms with Crippen LogP contribution >= 0.6 is 0 Å². The van der Waals surface area contributed by atoms with Gasteiger partial charge in [0, 0.05) is 6.26 Å². The molecular formula is C9H16N2O3S. The van der Waals surface area contributed by atoms with Gasteiger partial charge in [-0.25, -0.2) is 13.8 Å². The van der Waals surface area contributed by atoms with Gasteiger partial charge in [0.25, 0.3) is 0 Å². The van der Waals surface area contributed by atoms with Gasteiger partial charge in [0.2, 0.25) is 0 Å². The van der Waals surface area contributed by atoms with Gasteiger partial charge in [-0.2, -0.15) is 0 Å². The molecule has 5 nitrogen and oxygen atoms in total. The minimum atomic E-state index is -2.97. The topological polar surface area (TPSA) is 85.3 Å². The van der Waals surface area contributed by atoms with Crippen molar-refractivity contribution in [3.8, 4) is 0 Å². The number of nitrogens with one attached hydrogen (secondary N) is 1. The molecule has 0 fully saturated rings. The lowest BCUT2D eigenvalue weighted by molar-refractivity contribution is 0.407. The van der Waals surface area contributed by atoms with Crippen molar-refractivity contribution in [2.75, 3.05) is 12.0 Å². The van der Waals surface area contributed by atoms with Crippen molar-refractivity contribution in [2.45, 2.75) is 19.4 Å². The fourth-order valence-electron chi connectivity index (χ4n) is 1.36. The van der Waals surface area contributed by atoms with E-state index in [2.05, 4.69) is 5.43 Å². The molecule has 0 amide bonds. The Morgan fingerprint density at radius 1 is 1.60 bits per heavy atom. The minimum absolute atomic E-state index is 0.0853. The van der Waals surface area contributed by atoms with Gasteiger partial charge in [0.1, 0.15) is 15.6 Å². The fourth-order valence-corrected chi connectivity index (χ4v) is 2.03. The molecule has 0 aliphatic rings. The van der Waals surface area contributed by atoms with Crippen LogP contribution in [0, 0.1) is 6.92 Å². The Balaban J connectivity index is 2.70. The highest BCUT2D eigenvalue weighted by molar-refractivity contribution is 7.90. The fraction of sp³-hybridized carbons (Fsp3) is 0.556. The van der Waals surface area contributed by atoms with Crippen molar-refractivity contribution in [1.29, 1.82) is 0 Å². The summed E-state index contributed by atoms with van der Waals surface area (Å²) in [7, 11) is -2.97. The van der Waals surface area contributed by atoms with Gasteiger partial charge in [-0.15, -0.1) is 0 Å². The summed E-state index contributed by atoms with van der Waals surface area (Å²) in [5.74, 6) is 6.14. The van der Waals surface area contributed by atoms with Crippen LogP contribution in [0.3, 0.4) is 0 Å². The summed E-state index contributed by atoms with van der Waals surface area (Å²) >= 11 is 0. The second kappa shape index (κ2) is 4.78. The zero-order valence-corrected chi connectivity index (χ0v) is 9.67. The number of sulfone groups is 1. The van der Waals surface area contributed by atoms with E-state index in [0.29, 0.717) is 12.2 Å².